The lowest BCUT2D eigenvalue weighted by Gasteiger charge is -2.12. The predicted octanol–water partition coefficient (Wildman–Crippen LogP) is 3.56. The summed E-state index contributed by atoms with van der Waals surface area (Å²) in [4.78, 5) is 0.311. The zero-order valence-electron chi connectivity index (χ0n) is 11.5. The molecule has 0 fully saturated rings. The van der Waals surface area contributed by atoms with Crippen LogP contribution in [-0.2, 0) is 16.4 Å². The summed E-state index contributed by atoms with van der Waals surface area (Å²) in [5.74, 6) is 0.240. The first-order valence-electron chi connectivity index (χ1n) is 6.47. The molecule has 21 heavy (non-hydrogen) atoms. The van der Waals surface area contributed by atoms with Crippen LogP contribution in [0.2, 0.25) is 0 Å². The van der Waals surface area contributed by atoms with E-state index < -0.39 is 9.84 Å². The van der Waals surface area contributed by atoms with Crippen LogP contribution in [0.4, 0.5) is 5.69 Å². The highest BCUT2D eigenvalue weighted by atomic mass is 79.9. The summed E-state index contributed by atoms with van der Waals surface area (Å²) in [5.41, 5.74) is 1.52. The van der Waals surface area contributed by atoms with Crippen LogP contribution in [0.3, 0.4) is 0 Å². The van der Waals surface area contributed by atoms with Gasteiger partial charge < -0.3 is 10.4 Å². The average molecular weight is 370 g/mol. The minimum absolute atomic E-state index is 0.0659. The Bertz CT molecular complexity index is 744. The van der Waals surface area contributed by atoms with Gasteiger partial charge in [-0.1, -0.05) is 25.1 Å². The van der Waals surface area contributed by atoms with E-state index in [2.05, 4.69) is 21.2 Å². The van der Waals surface area contributed by atoms with Crippen molar-refractivity contribution in [3.05, 3.63) is 52.5 Å². The fourth-order valence-corrected chi connectivity index (χ4v) is 3.40. The number of para-hydroxylation sites is 1. The molecule has 0 aliphatic rings. The van der Waals surface area contributed by atoms with Gasteiger partial charge in [0.15, 0.2) is 9.84 Å². The number of sulfone groups is 1. The maximum atomic E-state index is 12.1. The van der Waals surface area contributed by atoms with Crippen molar-refractivity contribution in [3.63, 3.8) is 0 Å². The molecule has 0 bridgehead atoms. The molecule has 0 saturated carbocycles. The Morgan fingerprint density at radius 3 is 2.57 bits per heavy atom. The molecule has 0 unspecified atom stereocenters. The molecule has 0 spiro atoms. The third kappa shape index (κ3) is 3.77. The minimum atomic E-state index is -3.26. The molecule has 4 nitrogen and oxygen atoms in total. The van der Waals surface area contributed by atoms with Crippen LogP contribution in [0.5, 0.6) is 5.75 Å². The van der Waals surface area contributed by atoms with Crippen molar-refractivity contribution in [2.45, 2.75) is 18.4 Å². The Morgan fingerprint density at radius 1 is 1.19 bits per heavy atom. The normalized spacial score (nSPS) is 11.3. The first-order valence-corrected chi connectivity index (χ1v) is 8.91. The van der Waals surface area contributed by atoms with Crippen LogP contribution < -0.4 is 5.32 Å². The molecule has 0 aromatic heterocycles. The van der Waals surface area contributed by atoms with Crippen LogP contribution in [0.15, 0.2) is 51.8 Å². The molecule has 2 N–H and O–H groups in total. The summed E-state index contributed by atoms with van der Waals surface area (Å²) < 4.78 is 24.7. The fraction of sp³-hybridized carbons (Fsp3) is 0.200. The van der Waals surface area contributed by atoms with Gasteiger partial charge in [0.2, 0.25) is 0 Å². The standard InChI is InChI=1S/C15H16BrNO3S/c1-2-21(19,20)15-6-4-3-5-13(15)17-10-11-7-8-14(18)12(16)9-11/h3-9,17-18H,2,10H2,1H3. The number of phenols is 1. The van der Waals surface area contributed by atoms with E-state index in [-0.39, 0.29) is 11.5 Å². The minimum Gasteiger partial charge on any atom is -0.507 e. The van der Waals surface area contributed by atoms with Gasteiger partial charge in [0, 0.05) is 6.54 Å². The second-order valence-electron chi connectivity index (χ2n) is 4.54. The van der Waals surface area contributed by atoms with Gasteiger partial charge in [-0.15, -0.1) is 0 Å². The van der Waals surface area contributed by atoms with Crippen molar-refractivity contribution in [2.75, 3.05) is 11.1 Å². The molecule has 2 aromatic carbocycles. The highest BCUT2D eigenvalue weighted by molar-refractivity contribution is 9.10. The topological polar surface area (TPSA) is 66.4 Å². The van der Waals surface area contributed by atoms with Gasteiger partial charge in [0.05, 0.1) is 20.8 Å². The molecule has 2 aromatic rings. The Hall–Kier alpha value is -1.53. The van der Waals surface area contributed by atoms with Crippen molar-refractivity contribution in [1.82, 2.24) is 0 Å². The van der Waals surface area contributed by atoms with Crippen LogP contribution in [0, 0.1) is 0 Å². The monoisotopic (exact) mass is 369 g/mol. The van der Waals surface area contributed by atoms with Crippen molar-refractivity contribution in [2.24, 2.45) is 0 Å². The number of hydrogen-bond acceptors (Lipinski definition) is 4. The van der Waals surface area contributed by atoms with Crippen molar-refractivity contribution in [1.29, 1.82) is 0 Å². The molecule has 0 radical (unpaired) electrons. The number of halogens is 1. The predicted molar refractivity (Wildman–Crippen MR) is 87.3 cm³/mol. The van der Waals surface area contributed by atoms with E-state index >= 15 is 0 Å². The maximum Gasteiger partial charge on any atom is 0.180 e. The van der Waals surface area contributed by atoms with Gasteiger partial charge in [0.1, 0.15) is 5.75 Å². The van der Waals surface area contributed by atoms with Crippen molar-refractivity contribution < 1.29 is 13.5 Å². The summed E-state index contributed by atoms with van der Waals surface area (Å²) in [7, 11) is -3.26. The molecule has 0 heterocycles. The molecular formula is C15H16BrNO3S. The highest BCUT2D eigenvalue weighted by Gasteiger charge is 2.15. The van der Waals surface area contributed by atoms with E-state index in [0.717, 1.165) is 5.56 Å². The lowest BCUT2D eigenvalue weighted by molar-refractivity contribution is 0.471. The van der Waals surface area contributed by atoms with Gasteiger partial charge in [-0.3, -0.25) is 0 Å². The SMILES string of the molecule is CCS(=O)(=O)c1ccccc1NCc1ccc(O)c(Br)c1. The fourth-order valence-electron chi connectivity index (χ4n) is 1.90. The smallest absolute Gasteiger partial charge is 0.180 e. The Morgan fingerprint density at radius 2 is 1.90 bits per heavy atom. The van der Waals surface area contributed by atoms with E-state index in [1.54, 1.807) is 49.4 Å². The summed E-state index contributed by atoms with van der Waals surface area (Å²) in [6.45, 7) is 2.10. The summed E-state index contributed by atoms with van der Waals surface area (Å²) in [6, 6.07) is 12.0. The number of phenolic OH excluding ortho intramolecular Hbond substituents is 1. The number of nitrogens with one attached hydrogen (secondary N) is 1. The lowest BCUT2D eigenvalue weighted by Crippen LogP contribution is -2.09. The van der Waals surface area contributed by atoms with Crippen molar-refractivity contribution in [3.8, 4) is 5.75 Å². The molecule has 6 heteroatoms. The summed E-state index contributed by atoms with van der Waals surface area (Å²) in [5, 5.41) is 12.6. The van der Waals surface area contributed by atoms with Gasteiger partial charge in [0.25, 0.3) is 0 Å². The second-order valence-corrected chi connectivity index (χ2v) is 7.64. The number of aromatic hydroxyl groups is 1. The number of benzene rings is 2. The van der Waals surface area contributed by atoms with E-state index in [0.29, 0.717) is 21.6 Å². The summed E-state index contributed by atoms with van der Waals surface area (Å²) >= 11 is 3.26. The highest BCUT2D eigenvalue weighted by Crippen LogP contribution is 2.26. The van der Waals surface area contributed by atoms with Crippen molar-refractivity contribution >= 4 is 31.5 Å². The largest absolute Gasteiger partial charge is 0.507 e. The van der Waals surface area contributed by atoms with E-state index in [1.165, 1.54) is 0 Å². The van der Waals surface area contributed by atoms with Crippen LogP contribution >= 0.6 is 15.9 Å². The zero-order valence-corrected chi connectivity index (χ0v) is 13.9. The second kappa shape index (κ2) is 6.49. The maximum absolute atomic E-state index is 12.1. The van der Waals surface area contributed by atoms with E-state index in [1.807, 2.05) is 0 Å². The molecule has 112 valence electrons. The molecule has 0 aliphatic carbocycles. The quantitative estimate of drug-likeness (QED) is 0.845. The molecule has 0 saturated heterocycles. The van der Waals surface area contributed by atoms with Crippen LogP contribution in [0.25, 0.3) is 0 Å². The first kappa shape index (κ1) is 15.9. The number of anilines is 1. The zero-order chi connectivity index (χ0) is 15.5. The lowest BCUT2D eigenvalue weighted by atomic mass is 10.2. The third-order valence-electron chi connectivity index (χ3n) is 3.10. The van der Waals surface area contributed by atoms with Gasteiger partial charge in [-0.25, -0.2) is 8.42 Å². The summed E-state index contributed by atoms with van der Waals surface area (Å²) in [6.07, 6.45) is 0. The Kier molecular flexibility index (Phi) is 4.90. The van der Waals surface area contributed by atoms with Gasteiger partial charge >= 0.3 is 0 Å². The van der Waals surface area contributed by atoms with Gasteiger partial charge in [-0.05, 0) is 45.8 Å². The molecule has 2 rings (SSSR count). The first-order chi connectivity index (χ1) is 9.94. The third-order valence-corrected chi connectivity index (χ3v) is 5.52. The molecular weight excluding hydrogens is 354 g/mol. The Labute approximate surface area is 132 Å². The number of rotatable bonds is 5. The molecule has 0 aliphatic heterocycles. The van der Waals surface area contributed by atoms with E-state index in [4.69, 9.17) is 0 Å². The average Bonchev–Trinajstić information content (AvgIpc) is 2.49. The molecule has 0 amide bonds. The number of hydrogen-bond donors (Lipinski definition) is 2. The molecule has 0 atom stereocenters. The Balaban J connectivity index is 2.23. The van der Waals surface area contributed by atoms with Crippen LogP contribution in [0.1, 0.15) is 12.5 Å². The van der Waals surface area contributed by atoms with Crippen LogP contribution in [-0.4, -0.2) is 19.3 Å². The van der Waals surface area contributed by atoms with Gasteiger partial charge in [-0.2, -0.15) is 0 Å². The van der Waals surface area contributed by atoms with E-state index in [9.17, 15) is 13.5 Å².